The summed E-state index contributed by atoms with van der Waals surface area (Å²) in [6, 6.07) is 0. The van der Waals surface area contributed by atoms with Gasteiger partial charge in [0.05, 0.1) is 12.2 Å². The molecule has 3 heteroatoms. The summed E-state index contributed by atoms with van der Waals surface area (Å²) in [6.45, 7) is 6.98. The summed E-state index contributed by atoms with van der Waals surface area (Å²) in [4.78, 5) is 0. The van der Waals surface area contributed by atoms with Crippen LogP contribution in [0.3, 0.4) is 0 Å². The Morgan fingerprint density at radius 3 is 2.54 bits per heavy atom. The van der Waals surface area contributed by atoms with Crippen LogP contribution in [0.4, 0.5) is 0 Å². The Balaban J connectivity index is 0.00000169. The molecule has 1 radical (unpaired) electrons. The maximum Gasteiger partial charge on any atom is 0.0577 e. The van der Waals surface area contributed by atoms with Crippen molar-refractivity contribution in [2.24, 2.45) is 34.5 Å². The molecule has 0 spiro atoms. The van der Waals surface area contributed by atoms with Gasteiger partial charge in [-0.3, -0.25) is 0 Å². The fourth-order valence-corrected chi connectivity index (χ4v) is 7.47. The van der Waals surface area contributed by atoms with Crippen molar-refractivity contribution >= 4 is 0 Å². The molecule has 4 rings (SSSR count). The van der Waals surface area contributed by atoms with Crippen molar-refractivity contribution in [1.82, 2.24) is 0 Å². The van der Waals surface area contributed by atoms with E-state index in [2.05, 4.69) is 19.9 Å². The molecule has 24 heavy (non-hydrogen) atoms. The Bertz CT molecular complexity index is 516. The van der Waals surface area contributed by atoms with E-state index in [1.807, 2.05) is 6.92 Å². The summed E-state index contributed by atoms with van der Waals surface area (Å²) >= 11 is 0. The first kappa shape index (κ1) is 19.9. The number of rotatable bonds is 1. The molecule has 4 aliphatic carbocycles. The predicted octanol–water partition coefficient (Wildman–Crippen LogP) is 4.31. The van der Waals surface area contributed by atoms with Crippen molar-refractivity contribution in [2.45, 2.75) is 84.3 Å². The third-order valence-corrected chi connectivity index (χ3v) is 8.73. The third kappa shape index (κ3) is 2.83. The second-order valence-electron chi connectivity index (χ2n) is 9.62. The van der Waals surface area contributed by atoms with Crippen LogP contribution < -0.4 is 0 Å². The molecule has 3 saturated carbocycles. The van der Waals surface area contributed by atoms with Crippen LogP contribution in [-0.2, 0) is 0 Å². The third-order valence-electron chi connectivity index (χ3n) is 8.73. The van der Waals surface area contributed by atoms with Crippen LogP contribution >= 0.6 is 0 Å². The fourth-order valence-electron chi connectivity index (χ4n) is 7.47. The number of hydrogen-bond donors (Lipinski definition) is 2. The second-order valence-corrected chi connectivity index (χ2v) is 9.62. The summed E-state index contributed by atoms with van der Waals surface area (Å²) in [5, 5.41) is 20.4. The van der Waals surface area contributed by atoms with Gasteiger partial charge in [-0.15, -0.1) is 0 Å². The minimum Gasteiger partial charge on any atom is -0.393 e. The number of fused-ring (bicyclic) bond motifs is 5. The molecule has 0 saturated heterocycles. The number of hydrogen-bond acceptors (Lipinski definition) is 2. The Hall–Kier alpha value is 1.10. The van der Waals surface area contributed by atoms with Gasteiger partial charge in [-0.25, -0.2) is 0 Å². The van der Waals surface area contributed by atoms with E-state index >= 15 is 0 Å². The molecule has 133 valence electrons. The van der Waals surface area contributed by atoms with Gasteiger partial charge in [0.25, 0.3) is 0 Å². The van der Waals surface area contributed by atoms with Gasteiger partial charge in [-0.2, -0.15) is 0 Å². The molecule has 0 amide bonds. The number of aliphatic hydroxyl groups is 2. The maximum absolute atomic E-state index is 10.3. The van der Waals surface area contributed by atoms with Gasteiger partial charge in [0.15, 0.2) is 0 Å². The van der Waals surface area contributed by atoms with Crippen LogP contribution in [0.1, 0.15) is 72.1 Å². The van der Waals surface area contributed by atoms with Gasteiger partial charge in [0.2, 0.25) is 0 Å². The largest absolute Gasteiger partial charge is 0.393 e. The van der Waals surface area contributed by atoms with Crippen molar-refractivity contribution in [1.29, 1.82) is 0 Å². The van der Waals surface area contributed by atoms with Crippen molar-refractivity contribution < 1.29 is 54.3 Å². The molecule has 0 heterocycles. The number of aliphatic hydroxyl groups excluding tert-OH is 2. The first-order valence-corrected chi connectivity index (χ1v) is 9.92. The molecule has 0 aliphatic heterocycles. The predicted molar refractivity (Wildman–Crippen MR) is 92.9 cm³/mol. The Kier molecular flexibility index (Phi) is 5.73. The minimum atomic E-state index is -0.156. The van der Waals surface area contributed by atoms with Crippen LogP contribution in [-0.4, -0.2) is 22.4 Å². The molecule has 0 aromatic rings. The molecule has 8 unspecified atom stereocenters. The van der Waals surface area contributed by atoms with Crippen LogP contribution in [0.5, 0.6) is 0 Å². The van der Waals surface area contributed by atoms with Crippen LogP contribution in [0.15, 0.2) is 11.6 Å². The van der Waals surface area contributed by atoms with E-state index < -0.39 is 0 Å². The molecule has 4 aliphatic rings. The zero-order valence-electron chi connectivity index (χ0n) is 15.7. The average Bonchev–Trinajstić information content (AvgIpc) is 2.85. The van der Waals surface area contributed by atoms with E-state index in [1.165, 1.54) is 38.5 Å². The van der Waals surface area contributed by atoms with Gasteiger partial charge in [-0.1, -0.05) is 25.5 Å². The molecule has 0 bridgehead atoms. The summed E-state index contributed by atoms with van der Waals surface area (Å²) < 4.78 is 0. The topological polar surface area (TPSA) is 40.5 Å². The Morgan fingerprint density at radius 1 is 1.08 bits per heavy atom. The zero-order chi connectivity index (χ0) is 16.4. The summed E-state index contributed by atoms with van der Waals surface area (Å²) in [7, 11) is 0. The normalized spacial score (nSPS) is 51.5. The SMILES string of the molecule is CC(O)C1CCC2C3CC=C4CC(O)CCC4(C)C3CCC12C.[Ac]. The fraction of sp³-hybridized carbons (Fsp3) is 0.905. The molecular formula is C21H34AcO2. The quantitative estimate of drug-likeness (QED) is 0.483. The van der Waals surface area contributed by atoms with E-state index in [0.29, 0.717) is 16.7 Å². The van der Waals surface area contributed by atoms with E-state index in [9.17, 15) is 10.2 Å². The maximum atomic E-state index is 10.3. The second kappa shape index (κ2) is 6.92. The van der Waals surface area contributed by atoms with Crippen molar-refractivity contribution in [3.8, 4) is 0 Å². The Labute approximate surface area is 183 Å². The molecule has 2 N–H and O–H groups in total. The smallest absolute Gasteiger partial charge is 0.0577 e. The summed E-state index contributed by atoms with van der Waals surface area (Å²) in [6.07, 6.45) is 11.7. The van der Waals surface area contributed by atoms with Gasteiger partial charge in [0, 0.05) is 44.1 Å². The molecule has 3 fully saturated rings. The van der Waals surface area contributed by atoms with Gasteiger partial charge in [0.1, 0.15) is 0 Å². The molecular weight excluding hydrogens is 511 g/mol. The first-order valence-electron chi connectivity index (χ1n) is 9.92. The van der Waals surface area contributed by atoms with Gasteiger partial charge >= 0.3 is 0 Å². The van der Waals surface area contributed by atoms with Crippen LogP contribution in [0, 0.1) is 78.6 Å². The van der Waals surface area contributed by atoms with Crippen molar-refractivity contribution in [3.63, 3.8) is 0 Å². The minimum absolute atomic E-state index is 0. The van der Waals surface area contributed by atoms with Crippen molar-refractivity contribution in [3.05, 3.63) is 11.6 Å². The average molecular weight is 546 g/mol. The van der Waals surface area contributed by atoms with E-state index in [4.69, 9.17) is 0 Å². The summed E-state index contributed by atoms with van der Waals surface area (Å²) in [5.41, 5.74) is 2.25. The Morgan fingerprint density at radius 2 is 1.83 bits per heavy atom. The van der Waals surface area contributed by atoms with Gasteiger partial charge < -0.3 is 10.2 Å². The van der Waals surface area contributed by atoms with Crippen LogP contribution in [0.25, 0.3) is 0 Å². The van der Waals surface area contributed by atoms with E-state index in [1.54, 1.807) is 5.57 Å². The van der Waals surface area contributed by atoms with E-state index in [0.717, 1.165) is 30.6 Å². The van der Waals surface area contributed by atoms with Crippen molar-refractivity contribution in [2.75, 3.05) is 0 Å². The molecule has 0 aromatic heterocycles. The monoisotopic (exact) mass is 545 g/mol. The molecule has 8 atom stereocenters. The van der Waals surface area contributed by atoms with E-state index in [-0.39, 0.29) is 56.3 Å². The number of allylic oxidation sites excluding steroid dienone is 1. The summed E-state index contributed by atoms with van der Waals surface area (Å²) in [5.74, 6) is 2.91. The van der Waals surface area contributed by atoms with Crippen LogP contribution in [0.2, 0.25) is 0 Å². The van der Waals surface area contributed by atoms with Gasteiger partial charge in [-0.05, 0) is 92.8 Å². The molecule has 0 aromatic carbocycles. The standard InChI is InChI=1S/C21H34O2.Ac/c1-13(22)17-6-7-18-16-5-4-14-12-15(23)8-10-20(14,2)19(16)9-11-21(17,18)3;/h4,13,15-19,22-23H,5-12H2,1-3H3;. The molecule has 2 nitrogen and oxygen atoms in total. The zero-order valence-corrected chi connectivity index (χ0v) is 20.4. The first-order chi connectivity index (χ1) is 10.9.